The highest BCUT2D eigenvalue weighted by Gasteiger charge is 2.38. The highest BCUT2D eigenvalue weighted by atomic mass is 16.5. The zero-order chi connectivity index (χ0) is 20.4. The van der Waals surface area contributed by atoms with Crippen molar-refractivity contribution in [3.05, 3.63) is 47.5 Å². The number of ether oxygens (including phenoxy) is 2. The first-order chi connectivity index (χ1) is 13.3. The topological polar surface area (TPSA) is 85.1 Å². The van der Waals surface area contributed by atoms with Crippen molar-refractivity contribution in [3.8, 4) is 11.5 Å². The summed E-state index contributed by atoms with van der Waals surface area (Å²) in [7, 11) is 4.78. The highest BCUT2D eigenvalue weighted by Crippen LogP contribution is 2.32. The molecule has 2 N–H and O–H groups in total. The maximum Gasteiger partial charge on any atom is 0.254 e. The van der Waals surface area contributed by atoms with E-state index in [9.17, 15) is 9.59 Å². The van der Waals surface area contributed by atoms with Gasteiger partial charge in [-0.25, -0.2) is 0 Å². The fourth-order valence-corrected chi connectivity index (χ4v) is 3.43. The van der Waals surface area contributed by atoms with E-state index in [0.717, 1.165) is 5.56 Å². The van der Waals surface area contributed by atoms with Gasteiger partial charge in [0.25, 0.3) is 5.91 Å². The number of aryl methyl sites for hydroxylation is 1. The number of nitrogens with two attached hydrogens (primary N) is 1. The predicted molar refractivity (Wildman–Crippen MR) is 108 cm³/mol. The Kier molecular flexibility index (Phi) is 5.44. The van der Waals surface area contributed by atoms with Crippen molar-refractivity contribution in [2.75, 3.05) is 38.4 Å². The van der Waals surface area contributed by atoms with Crippen molar-refractivity contribution in [1.82, 2.24) is 4.90 Å². The zero-order valence-corrected chi connectivity index (χ0v) is 16.6. The summed E-state index contributed by atoms with van der Waals surface area (Å²) in [6, 6.07) is 10.00. The molecule has 148 valence electrons. The van der Waals surface area contributed by atoms with Gasteiger partial charge in [0.2, 0.25) is 5.91 Å². The van der Waals surface area contributed by atoms with Crippen LogP contribution >= 0.6 is 0 Å². The third kappa shape index (κ3) is 3.60. The molecule has 1 aliphatic rings. The molecular formula is C21H25N3O4. The molecule has 7 heteroatoms. The van der Waals surface area contributed by atoms with Gasteiger partial charge in [0.05, 0.1) is 19.9 Å². The molecule has 7 nitrogen and oxygen atoms in total. The Balaban J connectivity index is 1.84. The number of carbonyl (C=O) groups is 2. The minimum absolute atomic E-state index is 0.132. The van der Waals surface area contributed by atoms with E-state index in [2.05, 4.69) is 0 Å². The summed E-state index contributed by atoms with van der Waals surface area (Å²) >= 11 is 0. The molecule has 1 atom stereocenters. The molecule has 1 unspecified atom stereocenters. The second-order valence-corrected chi connectivity index (χ2v) is 6.86. The molecule has 2 aromatic rings. The van der Waals surface area contributed by atoms with Gasteiger partial charge in [-0.15, -0.1) is 0 Å². The van der Waals surface area contributed by atoms with Gasteiger partial charge < -0.3 is 25.0 Å². The minimum Gasteiger partial charge on any atom is -0.497 e. The number of likely N-dealkylation sites (N-methyl/N-ethyl adjacent to an activating group) is 1. The minimum atomic E-state index is -0.537. The lowest BCUT2D eigenvalue weighted by Crippen LogP contribution is -2.43. The second kappa shape index (κ2) is 7.80. The molecule has 0 spiro atoms. The van der Waals surface area contributed by atoms with Crippen molar-refractivity contribution in [3.63, 3.8) is 0 Å². The Morgan fingerprint density at radius 3 is 2.39 bits per heavy atom. The monoisotopic (exact) mass is 383 g/mol. The molecular weight excluding hydrogens is 358 g/mol. The summed E-state index contributed by atoms with van der Waals surface area (Å²) in [6.45, 7) is 2.36. The van der Waals surface area contributed by atoms with Gasteiger partial charge in [-0.2, -0.15) is 0 Å². The van der Waals surface area contributed by atoms with Crippen molar-refractivity contribution in [1.29, 1.82) is 0 Å². The van der Waals surface area contributed by atoms with E-state index in [-0.39, 0.29) is 11.8 Å². The van der Waals surface area contributed by atoms with Crippen LogP contribution in [0, 0.1) is 6.92 Å². The fraction of sp³-hybridized carbons (Fsp3) is 0.333. The average molecular weight is 383 g/mol. The lowest BCUT2D eigenvalue weighted by atomic mass is 10.1. The van der Waals surface area contributed by atoms with Gasteiger partial charge in [0.1, 0.15) is 17.5 Å². The summed E-state index contributed by atoms with van der Waals surface area (Å²) in [5.41, 5.74) is 8.37. The summed E-state index contributed by atoms with van der Waals surface area (Å²) in [4.78, 5) is 29.2. The number of hydrogen-bond acceptors (Lipinski definition) is 5. The van der Waals surface area contributed by atoms with Crippen LogP contribution in [0.1, 0.15) is 22.3 Å². The number of methoxy groups -OCH3 is 2. The van der Waals surface area contributed by atoms with E-state index >= 15 is 0 Å². The Morgan fingerprint density at radius 2 is 1.79 bits per heavy atom. The van der Waals surface area contributed by atoms with Crippen LogP contribution in [0.5, 0.6) is 11.5 Å². The van der Waals surface area contributed by atoms with E-state index in [1.165, 1.54) is 4.90 Å². The first-order valence-electron chi connectivity index (χ1n) is 9.03. The lowest BCUT2D eigenvalue weighted by molar-refractivity contribution is -0.120. The van der Waals surface area contributed by atoms with Crippen LogP contribution in [0.3, 0.4) is 0 Å². The van der Waals surface area contributed by atoms with Crippen molar-refractivity contribution in [2.45, 2.75) is 19.4 Å². The number of hydrogen-bond donors (Lipinski definition) is 1. The zero-order valence-electron chi connectivity index (χ0n) is 16.6. The Bertz CT molecular complexity index is 890. The number of nitrogen functional groups attached to an aromatic ring is 1. The third-order valence-electron chi connectivity index (χ3n) is 5.11. The molecule has 0 radical (unpaired) electrons. The van der Waals surface area contributed by atoms with E-state index < -0.39 is 6.04 Å². The number of nitrogens with zero attached hydrogens (tertiary/aromatic N) is 2. The summed E-state index contributed by atoms with van der Waals surface area (Å²) < 4.78 is 10.6. The Labute approximate surface area is 164 Å². The fourth-order valence-electron chi connectivity index (χ4n) is 3.43. The van der Waals surface area contributed by atoms with Gasteiger partial charge in [0.15, 0.2) is 0 Å². The van der Waals surface area contributed by atoms with Gasteiger partial charge in [-0.1, -0.05) is 6.07 Å². The SMILES string of the molecule is COc1cc(OC)cc(N2CCC(N(C)C(=O)c3cc(N)ccc3C)C2=O)c1. The van der Waals surface area contributed by atoms with E-state index in [1.54, 1.807) is 56.5 Å². The Hall–Kier alpha value is -3.22. The van der Waals surface area contributed by atoms with E-state index in [1.807, 2.05) is 13.0 Å². The van der Waals surface area contributed by atoms with Crippen LogP contribution in [0.25, 0.3) is 0 Å². The van der Waals surface area contributed by atoms with Crippen LogP contribution in [0.15, 0.2) is 36.4 Å². The molecule has 0 aromatic heterocycles. The predicted octanol–water partition coefficient (Wildman–Crippen LogP) is 2.47. The molecule has 1 fully saturated rings. The number of amides is 2. The van der Waals surface area contributed by atoms with Gasteiger partial charge in [-0.3, -0.25) is 9.59 Å². The molecule has 1 saturated heterocycles. The number of carbonyl (C=O) groups excluding carboxylic acids is 2. The molecule has 0 saturated carbocycles. The largest absolute Gasteiger partial charge is 0.497 e. The number of benzene rings is 2. The van der Waals surface area contributed by atoms with Gasteiger partial charge in [-0.05, 0) is 31.0 Å². The van der Waals surface area contributed by atoms with Crippen LogP contribution in [0.2, 0.25) is 0 Å². The standard InChI is InChI=1S/C21H25N3O4/c1-13-5-6-14(22)9-18(13)20(25)23(2)19-7-8-24(21(19)26)15-10-16(27-3)12-17(11-15)28-4/h5-6,9-12,19H,7-8,22H2,1-4H3. The van der Waals surface area contributed by atoms with Crippen LogP contribution < -0.4 is 20.1 Å². The van der Waals surface area contributed by atoms with Gasteiger partial charge >= 0.3 is 0 Å². The molecule has 28 heavy (non-hydrogen) atoms. The maximum atomic E-state index is 13.1. The average Bonchev–Trinajstić information content (AvgIpc) is 3.09. The van der Waals surface area contributed by atoms with Crippen LogP contribution in [-0.2, 0) is 4.79 Å². The lowest BCUT2D eigenvalue weighted by Gasteiger charge is -2.25. The molecule has 0 aliphatic carbocycles. The van der Waals surface area contributed by atoms with Crippen molar-refractivity contribution < 1.29 is 19.1 Å². The molecule has 3 rings (SSSR count). The first kappa shape index (κ1) is 19.5. The maximum absolute atomic E-state index is 13.1. The summed E-state index contributed by atoms with van der Waals surface area (Å²) in [5, 5.41) is 0. The number of rotatable bonds is 5. The quantitative estimate of drug-likeness (QED) is 0.802. The van der Waals surface area contributed by atoms with Crippen LogP contribution in [-0.4, -0.2) is 50.6 Å². The van der Waals surface area contributed by atoms with E-state index in [0.29, 0.717) is 41.4 Å². The molecule has 2 aromatic carbocycles. The summed E-state index contributed by atoms with van der Waals surface area (Å²) in [5.74, 6) is 0.858. The first-order valence-corrected chi connectivity index (χ1v) is 9.03. The smallest absolute Gasteiger partial charge is 0.254 e. The highest BCUT2D eigenvalue weighted by molar-refractivity contribution is 6.04. The molecule has 1 heterocycles. The van der Waals surface area contributed by atoms with Gasteiger partial charge in [0, 0.05) is 43.0 Å². The third-order valence-corrected chi connectivity index (χ3v) is 5.11. The van der Waals surface area contributed by atoms with E-state index in [4.69, 9.17) is 15.2 Å². The number of anilines is 2. The van der Waals surface area contributed by atoms with Crippen molar-refractivity contribution >= 4 is 23.2 Å². The van der Waals surface area contributed by atoms with Crippen molar-refractivity contribution in [2.24, 2.45) is 0 Å². The molecule has 2 amide bonds. The normalized spacial score (nSPS) is 16.2. The summed E-state index contributed by atoms with van der Waals surface area (Å²) in [6.07, 6.45) is 0.544. The molecule has 0 bridgehead atoms. The van der Waals surface area contributed by atoms with Crippen LogP contribution in [0.4, 0.5) is 11.4 Å². The molecule has 1 aliphatic heterocycles. The Morgan fingerprint density at radius 1 is 1.14 bits per heavy atom. The second-order valence-electron chi connectivity index (χ2n) is 6.86.